The summed E-state index contributed by atoms with van der Waals surface area (Å²) >= 11 is 0. The molecule has 0 aromatic heterocycles. The number of ether oxygens (including phenoxy) is 3. The summed E-state index contributed by atoms with van der Waals surface area (Å²) in [5.74, 6) is 0.227. The molecule has 5 aliphatic rings. The van der Waals surface area contributed by atoms with Crippen LogP contribution in [0.4, 0.5) is 0 Å². The molecule has 0 unspecified atom stereocenters. The summed E-state index contributed by atoms with van der Waals surface area (Å²) in [6.07, 6.45) is -0.873. The molecule has 38 heavy (non-hydrogen) atoms. The third-order valence-corrected chi connectivity index (χ3v) is 11.6. The number of hydrogen-bond donors (Lipinski definition) is 5. The first kappa shape index (κ1) is 28.4. The number of fused-ring (bicyclic) bond motifs is 5. The summed E-state index contributed by atoms with van der Waals surface area (Å²) in [6.45, 7) is 3.85. The Balaban J connectivity index is 1.28. The Morgan fingerprint density at radius 1 is 0.895 bits per heavy atom. The second-order valence-corrected chi connectivity index (χ2v) is 13.1. The number of hydrogen-bond acceptors (Lipinski definition) is 10. The standard InChI is InChI=1S/C28H44O10/c1-26-9-6-15(29)12-14(26)4-5-16-17(26)7-10-27(2)18(16)8-11-28(27,35)19(30)13-37-25-22(33)20(31)21(32)23(38-25)24(34)36-3/h14-18,20-23,25,29,31-33,35H,4-13H2,1-3H3/t14-,15-,16-,17+,18+,20-,21+,22+,23+,25-,26-,27-,28+/m0/s1. The Morgan fingerprint density at radius 2 is 1.61 bits per heavy atom. The number of ketones is 1. The van der Waals surface area contributed by atoms with Crippen molar-refractivity contribution in [2.75, 3.05) is 13.7 Å². The van der Waals surface area contributed by atoms with Gasteiger partial charge < -0.3 is 39.7 Å². The lowest BCUT2D eigenvalue weighted by Crippen LogP contribution is -2.61. The van der Waals surface area contributed by atoms with Crippen molar-refractivity contribution in [3.63, 3.8) is 0 Å². The Hall–Kier alpha value is -1.14. The number of aliphatic hydroxyl groups excluding tert-OH is 4. The van der Waals surface area contributed by atoms with Crippen molar-refractivity contribution in [3.8, 4) is 0 Å². The van der Waals surface area contributed by atoms with E-state index in [2.05, 4.69) is 11.7 Å². The first-order chi connectivity index (χ1) is 17.9. The molecule has 1 aliphatic heterocycles. The largest absolute Gasteiger partial charge is 0.467 e. The number of methoxy groups -OCH3 is 1. The number of aliphatic hydroxyl groups is 5. The van der Waals surface area contributed by atoms with Crippen molar-refractivity contribution in [2.24, 2.45) is 34.5 Å². The van der Waals surface area contributed by atoms with E-state index in [4.69, 9.17) is 9.47 Å². The zero-order chi connectivity index (χ0) is 27.6. The minimum absolute atomic E-state index is 0.188. The van der Waals surface area contributed by atoms with Gasteiger partial charge in [-0.15, -0.1) is 0 Å². The van der Waals surface area contributed by atoms with E-state index < -0.39 is 60.1 Å². The molecule has 4 saturated carbocycles. The minimum atomic E-state index is -1.74. The van der Waals surface area contributed by atoms with Gasteiger partial charge in [-0.1, -0.05) is 13.8 Å². The fraction of sp³-hybridized carbons (Fsp3) is 0.929. The Labute approximate surface area is 223 Å². The van der Waals surface area contributed by atoms with Crippen molar-refractivity contribution < 1.29 is 49.3 Å². The highest BCUT2D eigenvalue weighted by Gasteiger charge is 2.66. The van der Waals surface area contributed by atoms with E-state index in [9.17, 15) is 35.1 Å². The van der Waals surface area contributed by atoms with Crippen LogP contribution in [0.2, 0.25) is 0 Å². The van der Waals surface area contributed by atoms with Gasteiger partial charge in [0.05, 0.1) is 13.2 Å². The van der Waals surface area contributed by atoms with Gasteiger partial charge in [0.1, 0.15) is 30.5 Å². The van der Waals surface area contributed by atoms with Crippen LogP contribution in [0, 0.1) is 34.5 Å². The highest BCUT2D eigenvalue weighted by molar-refractivity contribution is 5.89. The molecule has 5 N–H and O–H groups in total. The maximum Gasteiger partial charge on any atom is 0.337 e. The molecular formula is C28H44O10. The monoisotopic (exact) mass is 540 g/mol. The molecule has 0 radical (unpaired) electrons. The van der Waals surface area contributed by atoms with Gasteiger partial charge >= 0.3 is 5.97 Å². The highest BCUT2D eigenvalue weighted by Crippen LogP contribution is 2.68. The van der Waals surface area contributed by atoms with E-state index in [1.807, 2.05) is 6.92 Å². The van der Waals surface area contributed by atoms with Crippen molar-refractivity contribution in [1.82, 2.24) is 0 Å². The summed E-state index contributed by atoms with van der Waals surface area (Å²) in [7, 11) is 1.10. The lowest BCUT2D eigenvalue weighted by atomic mass is 9.44. The van der Waals surface area contributed by atoms with Crippen LogP contribution in [-0.4, -0.2) is 93.4 Å². The molecular weight excluding hydrogens is 496 g/mol. The van der Waals surface area contributed by atoms with Crippen molar-refractivity contribution in [3.05, 3.63) is 0 Å². The molecule has 0 aromatic rings. The van der Waals surface area contributed by atoms with E-state index in [-0.39, 0.29) is 17.4 Å². The van der Waals surface area contributed by atoms with Gasteiger partial charge in [0, 0.05) is 5.41 Å². The van der Waals surface area contributed by atoms with Crippen LogP contribution in [0.15, 0.2) is 0 Å². The van der Waals surface area contributed by atoms with Crippen molar-refractivity contribution in [1.29, 1.82) is 0 Å². The van der Waals surface area contributed by atoms with Gasteiger partial charge in [0.25, 0.3) is 0 Å². The predicted molar refractivity (Wildman–Crippen MR) is 132 cm³/mol. The first-order valence-electron chi connectivity index (χ1n) is 14.2. The van der Waals surface area contributed by atoms with E-state index in [1.54, 1.807) is 0 Å². The minimum Gasteiger partial charge on any atom is -0.467 e. The lowest BCUT2D eigenvalue weighted by Gasteiger charge is -2.61. The van der Waals surface area contributed by atoms with Crippen LogP contribution >= 0.6 is 0 Å². The van der Waals surface area contributed by atoms with E-state index in [1.165, 1.54) is 0 Å². The van der Waals surface area contributed by atoms with Gasteiger partial charge in [-0.25, -0.2) is 4.79 Å². The number of esters is 1. The molecule has 10 nitrogen and oxygen atoms in total. The quantitative estimate of drug-likeness (QED) is 0.314. The van der Waals surface area contributed by atoms with Crippen LogP contribution in [0.3, 0.4) is 0 Å². The smallest absolute Gasteiger partial charge is 0.337 e. The second-order valence-electron chi connectivity index (χ2n) is 13.1. The van der Waals surface area contributed by atoms with Crippen LogP contribution in [0.5, 0.6) is 0 Å². The van der Waals surface area contributed by atoms with E-state index in [0.29, 0.717) is 24.2 Å². The molecule has 1 heterocycles. The van der Waals surface area contributed by atoms with E-state index >= 15 is 0 Å². The van der Waals surface area contributed by atoms with Crippen molar-refractivity contribution >= 4 is 11.8 Å². The zero-order valence-corrected chi connectivity index (χ0v) is 22.6. The Morgan fingerprint density at radius 3 is 2.32 bits per heavy atom. The highest BCUT2D eigenvalue weighted by atomic mass is 16.7. The van der Waals surface area contributed by atoms with E-state index in [0.717, 1.165) is 58.5 Å². The topological polar surface area (TPSA) is 163 Å². The summed E-state index contributed by atoms with van der Waals surface area (Å²) in [6, 6.07) is 0. The normalized spacial score (nSPS) is 52.4. The molecule has 0 aromatic carbocycles. The molecule has 10 heteroatoms. The molecule has 216 valence electrons. The molecule has 13 atom stereocenters. The van der Waals surface area contributed by atoms with Gasteiger partial charge in [0.2, 0.25) is 0 Å². The Bertz CT molecular complexity index is 927. The maximum absolute atomic E-state index is 13.5. The third-order valence-electron chi connectivity index (χ3n) is 11.6. The van der Waals surface area contributed by atoms with Gasteiger partial charge in [-0.05, 0) is 86.9 Å². The van der Waals surface area contributed by atoms with Crippen LogP contribution in [-0.2, 0) is 23.8 Å². The average Bonchev–Trinajstić information content (AvgIpc) is 3.18. The van der Waals surface area contributed by atoms with Crippen molar-refractivity contribution in [2.45, 2.75) is 114 Å². The molecule has 5 rings (SSSR count). The number of carbonyl (C=O) groups excluding carboxylic acids is 2. The fourth-order valence-electron chi connectivity index (χ4n) is 9.28. The summed E-state index contributed by atoms with van der Waals surface area (Å²) in [4.78, 5) is 25.5. The van der Waals surface area contributed by atoms with Crippen LogP contribution in [0.1, 0.15) is 71.6 Å². The second kappa shape index (κ2) is 10.0. The maximum atomic E-state index is 13.5. The summed E-state index contributed by atoms with van der Waals surface area (Å²) in [5.41, 5.74) is -2.02. The number of rotatable bonds is 5. The number of Topliss-reactive ketones (excluding diaryl/α,β-unsaturated/α-hetero) is 1. The summed E-state index contributed by atoms with van der Waals surface area (Å²) < 4.78 is 15.4. The van der Waals surface area contributed by atoms with Crippen LogP contribution < -0.4 is 0 Å². The zero-order valence-electron chi connectivity index (χ0n) is 22.6. The fourth-order valence-corrected chi connectivity index (χ4v) is 9.28. The van der Waals surface area contributed by atoms with Crippen LogP contribution in [0.25, 0.3) is 0 Å². The Kier molecular flexibility index (Phi) is 7.51. The molecule has 1 saturated heterocycles. The molecule has 4 aliphatic carbocycles. The lowest BCUT2D eigenvalue weighted by molar-refractivity contribution is -0.293. The molecule has 0 spiro atoms. The number of carbonyl (C=O) groups is 2. The predicted octanol–water partition coefficient (Wildman–Crippen LogP) is 0.687. The summed E-state index contributed by atoms with van der Waals surface area (Å²) in [5, 5.41) is 52.7. The van der Waals surface area contributed by atoms with Gasteiger partial charge in [-0.2, -0.15) is 0 Å². The van der Waals surface area contributed by atoms with Gasteiger partial charge in [0.15, 0.2) is 18.2 Å². The van der Waals surface area contributed by atoms with Gasteiger partial charge in [-0.3, -0.25) is 4.79 Å². The molecule has 0 bridgehead atoms. The molecule has 5 fully saturated rings. The first-order valence-corrected chi connectivity index (χ1v) is 14.2. The molecule has 0 amide bonds. The average molecular weight is 541 g/mol. The SMILES string of the molecule is COC(=O)[C@@H]1O[C@H](OCC(=O)[C@]2(O)CC[C@@H]3[C@H]4CC[C@H]5C[C@@H](O)CC[C@]5(C)[C@@H]4CC[C@@]32C)[C@H](O)[C@@H](O)[C@H]1O. The third kappa shape index (κ3) is 4.17.